The predicted molar refractivity (Wildman–Crippen MR) is 54.1 cm³/mol. The van der Waals surface area contributed by atoms with Gasteiger partial charge in [-0.15, -0.1) is 0 Å². The van der Waals surface area contributed by atoms with Gasteiger partial charge in [-0.05, 0) is 32.4 Å². The molecule has 0 N–H and O–H groups in total. The summed E-state index contributed by atoms with van der Waals surface area (Å²) in [7, 11) is 2.08. The second-order valence-corrected chi connectivity index (χ2v) is 4.56. The van der Waals surface area contributed by atoms with E-state index in [-0.39, 0.29) is 17.9 Å². The Hall–Kier alpha value is -0.900. The molecule has 4 nitrogen and oxygen atoms in total. The van der Waals surface area contributed by atoms with Gasteiger partial charge in [-0.3, -0.25) is 9.59 Å². The van der Waals surface area contributed by atoms with Gasteiger partial charge in [0.1, 0.15) is 0 Å². The van der Waals surface area contributed by atoms with Gasteiger partial charge in [-0.25, -0.2) is 0 Å². The van der Waals surface area contributed by atoms with Crippen LogP contribution >= 0.6 is 0 Å². The summed E-state index contributed by atoms with van der Waals surface area (Å²) >= 11 is 0. The number of esters is 2. The second-order valence-electron chi connectivity index (χ2n) is 4.56. The van der Waals surface area contributed by atoms with Crippen LogP contribution in [0.3, 0.4) is 0 Å². The molecule has 0 radical (unpaired) electrons. The van der Waals surface area contributed by atoms with Gasteiger partial charge >= 0.3 is 11.9 Å². The number of nitrogens with zero attached hydrogens (tertiary/aromatic N) is 1. The smallest absolute Gasteiger partial charge is 0.313 e. The minimum absolute atomic E-state index is 0.170. The first-order valence-electron chi connectivity index (χ1n) is 5.60. The molecule has 0 saturated carbocycles. The van der Waals surface area contributed by atoms with Crippen LogP contribution in [0.5, 0.6) is 0 Å². The first-order valence-corrected chi connectivity index (χ1v) is 5.60. The molecule has 2 saturated heterocycles. The Labute approximate surface area is 89.6 Å². The first kappa shape index (κ1) is 10.6. The maximum Gasteiger partial charge on any atom is 0.313 e. The van der Waals surface area contributed by atoms with Crippen molar-refractivity contribution in [2.24, 2.45) is 5.92 Å². The van der Waals surface area contributed by atoms with Crippen molar-refractivity contribution in [3.05, 3.63) is 0 Å². The molecule has 0 aromatic heterocycles. The van der Waals surface area contributed by atoms with E-state index >= 15 is 0 Å². The lowest BCUT2D eigenvalue weighted by molar-refractivity contribution is -0.166. The molecular formula is C11H17NO3. The number of likely N-dealkylation sites (tertiary alicyclic amines) is 1. The lowest BCUT2D eigenvalue weighted by Crippen LogP contribution is -2.45. The van der Waals surface area contributed by atoms with Gasteiger partial charge in [0.25, 0.3) is 0 Å². The Balaban J connectivity index is 2.01. The minimum atomic E-state index is -0.352. The Kier molecular flexibility index (Phi) is 3.05. The molecule has 2 aliphatic heterocycles. The fourth-order valence-electron chi connectivity index (χ4n) is 2.68. The lowest BCUT2D eigenvalue weighted by atomic mass is 9.85. The van der Waals surface area contributed by atoms with Crippen LogP contribution in [-0.4, -0.2) is 36.5 Å². The summed E-state index contributed by atoms with van der Waals surface area (Å²) in [4.78, 5) is 24.6. The van der Waals surface area contributed by atoms with Gasteiger partial charge in [-0.1, -0.05) is 6.42 Å². The molecule has 0 spiro atoms. The van der Waals surface area contributed by atoms with Crippen molar-refractivity contribution in [2.75, 3.05) is 13.6 Å². The number of rotatable bonds is 1. The summed E-state index contributed by atoms with van der Waals surface area (Å²) in [5.41, 5.74) is 0. The summed E-state index contributed by atoms with van der Waals surface area (Å²) < 4.78 is 4.55. The average Bonchev–Trinajstić information content (AvgIpc) is 2.16. The fraction of sp³-hybridized carbons (Fsp3) is 0.818. The average molecular weight is 211 g/mol. The quantitative estimate of drug-likeness (QED) is 0.478. The normalized spacial score (nSPS) is 30.3. The number of piperidine rings is 1. The van der Waals surface area contributed by atoms with Crippen LogP contribution in [0, 0.1) is 5.92 Å². The Bertz CT molecular complexity index is 261. The lowest BCUT2D eigenvalue weighted by Gasteiger charge is -2.38. The van der Waals surface area contributed by atoms with Gasteiger partial charge < -0.3 is 9.64 Å². The van der Waals surface area contributed by atoms with Crippen molar-refractivity contribution in [2.45, 2.75) is 38.1 Å². The van der Waals surface area contributed by atoms with E-state index in [2.05, 4.69) is 16.7 Å². The minimum Gasteiger partial charge on any atom is -0.393 e. The van der Waals surface area contributed by atoms with Crippen molar-refractivity contribution in [1.29, 1.82) is 0 Å². The maximum absolute atomic E-state index is 11.2. The number of carbonyl (C=O) groups is 2. The Morgan fingerprint density at radius 3 is 2.47 bits per heavy atom. The van der Waals surface area contributed by atoms with Crippen LogP contribution in [0.1, 0.15) is 32.1 Å². The summed E-state index contributed by atoms with van der Waals surface area (Å²) in [5.74, 6) is -0.533. The number of hydrogen-bond donors (Lipinski definition) is 0. The summed E-state index contributed by atoms with van der Waals surface area (Å²) in [6.07, 6.45) is 4.33. The van der Waals surface area contributed by atoms with Crippen molar-refractivity contribution < 1.29 is 14.3 Å². The molecule has 0 aromatic rings. The SMILES string of the molecule is CN1CCCCC1C1CC(=O)OC(=O)C1. The highest BCUT2D eigenvalue weighted by molar-refractivity contribution is 5.88. The van der Waals surface area contributed by atoms with Gasteiger partial charge in [0.05, 0.1) is 12.8 Å². The van der Waals surface area contributed by atoms with E-state index in [0.717, 1.165) is 13.0 Å². The van der Waals surface area contributed by atoms with Crippen LogP contribution in [0.4, 0.5) is 0 Å². The zero-order valence-electron chi connectivity index (χ0n) is 9.07. The van der Waals surface area contributed by atoms with Crippen LogP contribution in [0.25, 0.3) is 0 Å². The zero-order chi connectivity index (χ0) is 10.8. The topological polar surface area (TPSA) is 46.6 Å². The molecule has 2 rings (SSSR count). The molecular weight excluding hydrogens is 194 g/mol. The van der Waals surface area contributed by atoms with Gasteiger partial charge in [0.15, 0.2) is 0 Å². The zero-order valence-corrected chi connectivity index (χ0v) is 9.07. The summed E-state index contributed by atoms with van der Waals surface area (Å²) in [6, 6.07) is 0.385. The third kappa shape index (κ3) is 2.37. The standard InChI is InChI=1S/C11H17NO3/c1-12-5-3-2-4-9(12)8-6-10(13)15-11(14)7-8/h8-9H,2-7H2,1H3. The molecule has 0 aliphatic carbocycles. The Morgan fingerprint density at radius 2 is 1.87 bits per heavy atom. The largest absolute Gasteiger partial charge is 0.393 e. The van der Waals surface area contributed by atoms with Crippen molar-refractivity contribution >= 4 is 11.9 Å². The molecule has 84 valence electrons. The number of hydrogen-bond acceptors (Lipinski definition) is 4. The van der Waals surface area contributed by atoms with Crippen LogP contribution in [0.2, 0.25) is 0 Å². The molecule has 0 amide bonds. The van der Waals surface area contributed by atoms with E-state index < -0.39 is 0 Å². The molecule has 1 atom stereocenters. The summed E-state index contributed by atoms with van der Waals surface area (Å²) in [6.45, 7) is 1.07. The molecule has 4 heteroatoms. The highest BCUT2D eigenvalue weighted by Crippen LogP contribution is 2.29. The highest BCUT2D eigenvalue weighted by atomic mass is 16.6. The fourth-order valence-corrected chi connectivity index (χ4v) is 2.68. The first-order chi connectivity index (χ1) is 7.16. The molecule has 15 heavy (non-hydrogen) atoms. The van der Waals surface area contributed by atoms with E-state index in [9.17, 15) is 9.59 Å². The van der Waals surface area contributed by atoms with Crippen LogP contribution in [0.15, 0.2) is 0 Å². The third-order valence-corrected chi connectivity index (χ3v) is 3.46. The third-order valence-electron chi connectivity index (χ3n) is 3.46. The van der Waals surface area contributed by atoms with Crippen molar-refractivity contribution in [3.8, 4) is 0 Å². The predicted octanol–water partition coefficient (Wildman–Crippen LogP) is 0.950. The van der Waals surface area contributed by atoms with Crippen LogP contribution < -0.4 is 0 Å². The van der Waals surface area contributed by atoms with Gasteiger partial charge in [0, 0.05) is 6.04 Å². The molecule has 2 fully saturated rings. The van der Waals surface area contributed by atoms with E-state index in [0.29, 0.717) is 18.9 Å². The molecule has 2 heterocycles. The van der Waals surface area contributed by atoms with Gasteiger partial charge in [-0.2, -0.15) is 0 Å². The molecule has 2 aliphatic rings. The molecule has 0 bridgehead atoms. The number of carbonyl (C=O) groups excluding carboxylic acids is 2. The van der Waals surface area contributed by atoms with Crippen molar-refractivity contribution in [1.82, 2.24) is 4.90 Å². The van der Waals surface area contributed by atoms with E-state index in [4.69, 9.17) is 0 Å². The number of cyclic esters (lactones) is 2. The second kappa shape index (κ2) is 4.31. The van der Waals surface area contributed by atoms with E-state index in [1.807, 2.05) is 0 Å². The maximum atomic E-state index is 11.2. The number of ether oxygens (including phenoxy) is 1. The van der Waals surface area contributed by atoms with Crippen molar-refractivity contribution in [3.63, 3.8) is 0 Å². The van der Waals surface area contributed by atoms with Gasteiger partial charge in [0.2, 0.25) is 0 Å². The highest BCUT2D eigenvalue weighted by Gasteiger charge is 2.35. The van der Waals surface area contributed by atoms with E-state index in [1.54, 1.807) is 0 Å². The molecule has 0 aromatic carbocycles. The monoisotopic (exact) mass is 211 g/mol. The van der Waals surface area contributed by atoms with E-state index in [1.165, 1.54) is 12.8 Å². The Morgan fingerprint density at radius 1 is 1.20 bits per heavy atom. The summed E-state index contributed by atoms with van der Waals surface area (Å²) in [5, 5.41) is 0. The van der Waals surface area contributed by atoms with Crippen LogP contribution in [-0.2, 0) is 14.3 Å². The molecule has 1 unspecified atom stereocenters.